The van der Waals surface area contributed by atoms with Gasteiger partial charge in [-0.25, -0.2) is 8.78 Å². The zero-order chi connectivity index (χ0) is 23.4. The van der Waals surface area contributed by atoms with Crippen LogP contribution in [-0.4, -0.2) is 6.61 Å². The van der Waals surface area contributed by atoms with Crippen molar-refractivity contribution in [1.29, 1.82) is 0 Å². The molecule has 0 N–H and O–H groups in total. The van der Waals surface area contributed by atoms with Crippen LogP contribution in [0.15, 0.2) is 30.3 Å². The molecule has 1 nitrogen and oxygen atoms in total. The molecule has 0 bridgehead atoms. The van der Waals surface area contributed by atoms with Crippen LogP contribution >= 0.6 is 0 Å². The summed E-state index contributed by atoms with van der Waals surface area (Å²) in [6.07, 6.45) is 10.3. The van der Waals surface area contributed by atoms with Crippen LogP contribution in [0, 0.1) is 36.2 Å². The van der Waals surface area contributed by atoms with E-state index in [9.17, 15) is 13.2 Å². The van der Waals surface area contributed by atoms with E-state index in [1.54, 1.807) is 25.1 Å². The van der Waals surface area contributed by atoms with Crippen LogP contribution < -0.4 is 4.74 Å². The maximum atomic E-state index is 14.9. The molecule has 0 amide bonds. The summed E-state index contributed by atoms with van der Waals surface area (Å²) < 4.78 is 49.3. The summed E-state index contributed by atoms with van der Waals surface area (Å²) in [6.45, 7) is 4.38. The molecule has 4 rings (SSSR count). The number of hydrogen-bond donors (Lipinski definition) is 0. The lowest BCUT2D eigenvalue weighted by atomic mass is 9.77. The van der Waals surface area contributed by atoms with Crippen LogP contribution in [0.1, 0.15) is 99.7 Å². The molecule has 4 heteroatoms. The van der Waals surface area contributed by atoms with E-state index >= 15 is 0 Å². The third-order valence-electron chi connectivity index (χ3n) is 8.05. The summed E-state index contributed by atoms with van der Waals surface area (Å²) in [7, 11) is 0. The number of halogens is 3. The third-order valence-corrected chi connectivity index (χ3v) is 8.05. The fourth-order valence-electron chi connectivity index (χ4n) is 5.88. The lowest BCUT2D eigenvalue weighted by Gasteiger charge is -2.30. The molecule has 0 unspecified atom stereocenters. The topological polar surface area (TPSA) is 9.23 Å². The third kappa shape index (κ3) is 5.75. The van der Waals surface area contributed by atoms with E-state index in [0.29, 0.717) is 29.6 Å². The molecule has 0 saturated heterocycles. The van der Waals surface area contributed by atoms with Crippen molar-refractivity contribution in [2.75, 3.05) is 6.61 Å². The Morgan fingerprint density at radius 1 is 0.788 bits per heavy atom. The van der Waals surface area contributed by atoms with Gasteiger partial charge in [-0.05, 0) is 111 Å². The molecular weight excluding hydrogens is 421 g/mol. The molecule has 2 saturated carbocycles. The van der Waals surface area contributed by atoms with Crippen molar-refractivity contribution in [3.05, 3.63) is 64.5 Å². The Hall–Kier alpha value is -1.97. The zero-order valence-corrected chi connectivity index (χ0v) is 20.0. The van der Waals surface area contributed by atoms with Crippen LogP contribution in [0.4, 0.5) is 13.2 Å². The summed E-state index contributed by atoms with van der Waals surface area (Å²) in [4.78, 5) is 0. The summed E-state index contributed by atoms with van der Waals surface area (Å²) in [6, 6.07) is 8.88. The highest BCUT2D eigenvalue weighted by Crippen LogP contribution is 2.40. The standard InChI is InChI=1S/C29H37F3O/c1-3-4-20-6-13-23(14-7-20)25-15-16-27(29(32)28(25)31)33-18-21-8-11-22(12-9-21)24-10-5-19(2)26(30)17-24/h5,10,15-17,20-23H,3-4,6-9,11-14,18H2,1-2H3. The Labute approximate surface area is 196 Å². The fraction of sp³-hybridized carbons (Fsp3) is 0.586. The Morgan fingerprint density at radius 2 is 1.45 bits per heavy atom. The Bertz CT molecular complexity index is 925. The fourth-order valence-corrected chi connectivity index (χ4v) is 5.88. The molecule has 0 aliphatic heterocycles. The quantitative estimate of drug-likeness (QED) is 0.403. The molecule has 0 radical (unpaired) electrons. The van der Waals surface area contributed by atoms with Gasteiger partial charge in [-0.15, -0.1) is 0 Å². The monoisotopic (exact) mass is 458 g/mol. The van der Waals surface area contributed by atoms with E-state index in [1.165, 1.54) is 12.8 Å². The maximum Gasteiger partial charge on any atom is 0.200 e. The minimum Gasteiger partial charge on any atom is -0.490 e. The van der Waals surface area contributed by atoms with Gasteiger partial charge in [0.2, 0.25) is 5.82 Å². The van der Waals surface area contributed by atoms with Crippen molar-refractivity contribution in [2.24, 2.45) is 11.8 Å². The summed E-state index contributed by atoms with van der Waals surface area (Å²) in [5.41, 5.74) is 2.25. The van der Waals surface area contributed by atoms with Crippen molar-refractivity contribution in [3.8, 4) is 5.75 Å². The van der Waals surface area contributed by atoms with Gasteiger partial charge in [-0.2, -0.15) is 4.39 Å². The molecule has 2 aliphatic carbocycles. The average Bonchev–Trinajstić information content (AvgIpc) is 2.83. The Morgan fingerprint density at radius 3 is 2.12 bits per heavy atom. The van der Waals surface area contributed by atoms with Gasteiger partial charge in [0.1, 0.15) is 5.82 Å². The summed E-state index contributed by atoms with van der Waals surface area (Å²) in [5, 5.41) is 0. The highest BCUT2D eigenvalue weighted by Gasteiger charge is 2.27. The second-order valence-corrected chi connectivity index (χ2v) is 10.3. The molecule has 0 spiro atoms. The number of benzene rings is 2. The highest BCUT2D eigenvalue weighted by molar-refractivity contribution is 5.33. The molecule has 180 valence electrons. The first-order chi connectivity index (χ1) is 16.0. The van der Waals surface area contributed by atoms with Gasteiger partial charge in [0.25, 0.3) is 0 Å². The van der Waals surface area contributed by atoms with Crippen LogP contribution in [0.2, 0.25) is 0 Å². The van der Waals surface area contributed by atoms with Crippen molar-refractivity contribution in [1.82, 2.24) is 0 Å². The number of hydrogen-bond acceptors (Lipinski definition) is 1. The highest BCUT2D eigenvalue weighted by atomic mass is 19.2. The largest absolute Gasteiger partial charge is 0.490 e. The normalized spacial score (nSPS) is 25.7. The Balaban J connectivity index is 1.29. The van der Waals surface area contributed by atoms with E-state index in [0.717, 1.165) is 62.8 Å². The van der Waals surface area contributed by atoms with E-state index in [4.69, 9.17) is 4.74 Å². The van der Waals surface area contributed by atoms with Gasteiger partial charge in [0.05, 0.1) is 6.61 Å². The molecule has 2 fully saturated rings. The van der Waals surface area contributed by atoms with Gasteiger partial charge in [-0.1, -0.05) is 38.0 Å². The average molecular weight is 459 g/mol. The second-order valence-electron chi connectivity index (χ2n) is 10.3. The molecule has 2 aromatic carbocycles. The predicted octanol–water partition coefficient (Wildman–Crippen LogP) is 8.84. The smallest absolute Gasteiger partial charge is 0.200 e. The zero-order valence-electron chi connectivity index (χ0n) is 20.0. The van der Waals surface area contributed by atoms with Gasteiger partial charge in [0, 0.05) is 0 Å². The molecule has 2 aliphatic rings. The molecule has 33 heavy (non-hydrogen) atoms. The minimum absolute atomic E-state index is 0.0265. The number of ether oxygens (including phenoxy) is 1. The summed E-state index contributed by atoms with van der Waals surface area (Å²) >= 11 is 0. The van der Waals surface area contributed by atoms with E-state index < -0.39 is 11.6 Å². The van der Waals surface area contributed by atoms with Gasteiger partial charge in [0.15, 0.2) is 11.6 Å². The molecule has 0 heterocycles. The first-order valence-corrected chi connectivity index (χ1v) is 12.8. The molecule has 0 aromatic heterocycles. The SMILES string of the molecule is CCCC1CCC(c2ccc(OCC3CCC(c4ccc(C)c(F)c4)CC3)c(F)c2F)CC1. The van der Waals surface area contributed by atoms with Crippen LogP contribution in [0.25, 0.3) is 0 Å². The number of aryl methyl sites for hydroxylation is 1. The van der Waals surface area contributed by atoms with Crippen molar-refractivity contribution in [3.63, 3.8) is 0 Å². The first-order valence-electron chi connectivity index (χ1n) is 12.8. The van der Waals surface area contributed by atoms with Crippen molar-refractivity contribution < 1.29 is 17.9 Å². The van der Waals surface area contributed by atoms with E-state index in [-0.39, 0.29) is 17.5 Å². The van der Waals surface area contributed by atoms with E-state index in [1.807, 2.05) is 12.1 Å². The van der Waals surface area contributed by atoms with E-state index in [2.05, 4.69) is 6.92 Å². The Kier molecular flexibility index (Phi) is 8.03. The van der Waals surface area contributed by atoms with Crippen LogP contribution in [0.3, 0.4) is 0 Å². The lowest BCUT2D eigenvalue weighted by Crippen LogP contribution is -2.20. The van der Waals surface area contributed by atoms with Gasteiger partial charge in [-0.3, -0.25) is 0 Å². The van der Waals surface area contributed by atoms with Crippen LogP contribution in [0.5, 0.6) is 5.75 Å². The van der Waals surface area contributed by atoms with Gasteiger partial charge >= 0.3 is 0 Å². The first kappa shape index (κ1) is 24.2. The maximum absolute atomic E-state index is 14.9. The van der Waals surface area contributed by atoms with Crippen molar-refractivity contribution >= 4 is 0 Å². The number of rotatable bonds is 7. The second kappa shape index (κ2) is 11.0. The molecular formula is C29H37F3O. The van der Waals surface area contributed by atoms with Gasteiger partial charge < -0.3 is 4.74 Å². The molecule has 0 atom stereocenters. The minimum atomic E-state index is -0.841. The predicted molar refractivity (Wildman–Crippen MR) is 127 cm³/mol. The van der Waals surface area contributed by atoms with Crippen LogP contribution in [-0.2, 0) is 0 Å². The lowest BCUT2D eigenvalue weighted by molar-refractivity contribution is 0.192. The van der Waals surface area contributed by atoms with Crippen molar-refractivity contribution in [2.45, 2.75) is 89.9 Å². The molecule has 2 aromatic rings. The summed E-state index contributed by atoms with van der Waals surface area (Å²) in [5.74, 6) is -0.162.